The predicted octanol–water partition coefficient (Wildman–Crippen LogP) is 2.31. The molecule has 0 amide bonds. The lowest BCUT2D eigenvalue weighted by Gasteiger charge is -2.24. The van der Waals surface area contributed by atoms with Crippen LogP contribution in [0.4, 0.5) is 0 Å². The average Bonchev–Trinajstić information content (AvgIpc) is 3.55. The van der Waals surface area contributed by atoms with Crippen LogP contribution in [-0.2, 0) is 39.1 Å². The van der Waals surface area contributed by atoms with Crippen LogP contribution in [0.3, 0.4) is 0 Å². The van der Waals surface area contributed by atoms with Gasteiger partial charge in [-0.25, -0.2) is 4.98 Å². The number of ether oxygens (including phenoxy) is 3. The smallest absolute Gasteiger partial charge is 0.326 e. The van der Waals surface area contributed by atoms with Crippen molar-refractivity contribution in [2.24, 2.45) is 13.0 Å². The van der Waals surface area contributed by atoms with Gasteiger partial charge in [-0.3, -0.25) is 14.9 Å². The highest BCUT2D eigenvalue weighted by molar-refractivity contribution is 5.81. The van der Waals surface area contributed by atoms with E-state index in [4.69, 9.17) is 19.2 Å². The van der Waals surface area contributed by atoms with Gasteiger partial charge in [0.15, 0.2) is 0 Å². The zero-order valence-corrected chi connectivity index (χ0v) is 22.9. The van der Waals surface area contributed by atoms with Crippen LogP contribution in [0.5, 0.6) is 0 Å². The molecule has 39 heavy (non-hydrogen) atoms. The molecule has 10 nitrogen and oxygen atoms in total. The molecule has 3 atom stereocenters. The first-order valence-electron chi connectivity index (χ1n) is 13.7. The Kier molecular flexibility index (Phi) is 8.46. The van der Waals surface area contributed by atoms with E-state index < -0.39 is 18.1 Å². The lowest BCUT2D eigenvalue weighted by molar-refractivity contribution is -0.154. The molecule has 0 spiro atoms. The normalized spacial score (nSPS) is 19.8. The molecule has 2 N–H and O–H groups in total. The largest absolute Gasteiger partial charge is 0.459 e. The lowest BCUT2D eigenvalue weighted by atomic mass is 10.00. The Morgan fingerprint density at radius 2 is 1.97 bits per heavy atom. The van der Waals surface area contributed by atoms with E-state index in [2.05, 4.69) is 16.0 Å². The molecule has 2 aliphatic rings. The number of esters is 1. The van der Waals surface area contributed by atoms with Gasteiger partial charge < -0.3 is 28.5 Å². The van der Waals surface area contributed by atoms with Crippen molar-refractivity contribution in [1.29, 1.82) is 0 Å². The molecule has 0 aliphatic carbocycles. The minimum absolute atomic E-state index is 0.0224. The second-order valence-electron chi connectivity index (χ2n) is 10.8. The molecule has 2 aromatic heterocycles. The van der Waals surface area contributed by atoms with Crippen molar-refractivity contribution >= 4 is 17.0 Å². The standard InChI is InChI=1S/C29H38N4O6/c1-18-12-22(16-32(3)28(18)35)27-31-24-5-4-21(13-25(24)33(27)15-20-6-9-37-10-7-20)14-30-26(19(2)34)29(36)39-23-8-11-38-17-23/h4-5,12-13,16,19-20,23,26,30,34H,6-11,14-15,17H2,1-3H3/t19-,23-,26-/m0/s1. The average molecular weight is 539 g/mol. The second-order valence-corrected chi connectivity index (χ2v) is 10.8. The quantitative estimate of drug-likeness (QED) is 0.399. The van der Waals surface area contributed by atoms with Crippen LogP contribution >= 0.6 is 0 Å². The van der Waals surface area contributed by atoms with Gasteiger partial charge in [-0.1, -0.05) is 6.07 Å². The number of nitrogens with one attached hydrogen (secondary N) is 1. The highest BCUT2D eigenvalue weighted by atomic mass is 16.6. The molecule has 1 aromatic carbocycles. The summed E-state index contributed by atoms with van der Waals surface area (Å²) in [6, 6.07) is 7.10. The topological polar surface area (TPSA) is 117 Å². The molecule has 0 saturated carbocycles. The van der Waals surface area contributed by atoms with E-state index >= 15 is 0 Å². The molecule has 2 saturated heterocycles. The van der Waals surface area contributed by atoms with Gasteiger partial charge in [0.25, 0.3) is 5.56 Å². The number of hydrogen-bond donors (Lipinski definition) is 2. The minimum atomic E-state index is -0.915. The van der Waals surface area contributed by atoms with Crippen LogP contribution in [0.25, 0.3) is 22.4 Å². The van der Waals surface area contributed by atoms with Crippen LogP contribution in [-0.4, -0.2) is 69.9 Å². The summed E-state index contributed by atoms with van der Waals surface area (Å²) in [5.74, 6) is 0.808. The van der Waals surface area contributed by atoms with Crippen molar-refractivity contribution in [3.63, 3.8) is 0 Å². The Hall–Kier alpha value is -3.05. The molecule has 210 valence electrons. The van der Waals surface area contributed by atoms with E-state index in [0.29, 0.717) is 37.7 Å². The van der Waals surface area contributed by atoms with E-state index in [1.54, 1.807) is 18.5 Å². The summed E-state index contributed by atoms with van der Waals surface area (Å²) in [6.45, 7) is 7.05. The minimum Gasteiger partial charge on any atom is -0.459 e. The summed E-state index contributed by atoms with van der Waals surface area (Å²) in [5.41, 5.74) is 4.35. The Labute approximate surface area is 227 Å². The van der Waals surface area contributed by atoms with E-state index in [-0.39, 0.29) is 11.7 Å². The van der Waals surface area contributed by atoms with Crippen LogP contribution in [0.1, 0.15) is 37.3 Å². The number of carbonyl (C=O) groups is 1. The van der Waals surface area contributed by atoms with Gasteiger partial charge in [-0.15, -0.1) is 0 Å². The molecule has 3 aromatic rings. The number of aliphatic hydroxyl groups is 1. The van der Waals surface area contributed by atoms with Gasteiger partial charge in [-0.2, -0.15) is 0 Å². The van der Waals surface area contributed by atoms with Crippen molar-refractivity contribution in [1.82, 2.24) is 19.4 Å². The van der Waals surface area contributed by atoms with Crippen LogP contribution < -0.4 is 10.9 Å². The number of aromatic nitrogens is 3. The third-order valence-corrected chi connectivity index (χ3v) is 7.65. The lowest BCUT2D eigenvalue weighted by Crippen LogP contribution is -2.46. The van der Waals surface area contributed by atoms with Gasteiger partial charge >= 0.3 is 5.97 Å². The number of imidazole rings is 1. The SMILES string of the molecule is Cc1cc(-c2nc3ccc(CN[C@H](C(=O)O[C@H]4CCOC4)[C@H](C)O)cc3n2CC2CCOCC2)cn(C)c1=O. The van der Waals surface area contributed by atoms with Gasteiger partial charge in [0.1, 0.15) is 18.0 Å². The number of nitrogens with zero attached hydrogens (tertiary/aromatic N) is 3. The van der Waals surface area contributed by atoms with Crippen molar-refractivity contribution < 1.29 is 24.1 Å². The number of aryl methyl sites for hydroxylation is 2. The van der Waals surface area contributed by atoms with E-state index in [1.807, 2.05) is 31.3 Å². The van der Waals surface area contributed by atoms with E-state index in [1.165, 1.54) is 0 Å². The van der Waals surface area contributed by atoms with Gasteiger partial charge in [0.05, 0.1) is 30.4 Å². The zero-order valence-electron chi connectivity index (χ0n) is 22.9. The van der Waals surface area contributed by atoms with E-state index in [9.17, 15) is 14.7 Å². The molecular formula is C29H38N4O6. The maximum atomic E-state index is 12.7. The summed E-state index contributed by atoms with van der Waals surface area (Å²) in [7, 11) is 1.76. The molecule has 0 radical (unpaired) electrons. The highest BCUT2D eigenvalue weighted by Gasteiger charge is 2.29. The van der Waals surface area contributed by atoms with Crippen molar-refractivity contribution in [2.75, 3.05) is 26.4 Å². The summed E-state index contributed by atoms with van der Waals surface area (Å²) < 4.78 is 20.3. The first-order valence-corrected chi connectivity index (χ1v) is 13.7. The number of fused-ring (bicyclic) bond motifs is 1. The molecule has 5 rings (SSSR count). The summed E-state index contributed by atoms with van der Waals surface area (Å²) in [5, 5.41) is 13.5. The van der Waals surface area contributed by atoms with Crippen molar-refractivity contribution in [3.05, 3.63) is 51.9 Å². The molecule has 10 heteroatoms. The fraction of sp³-hybridized carbons (Fsp3) is 0.552. The van der Waals surface area contributed by atoms with Crippen LogP contribution in [0.15, 0.2) is 35.3 Å². The Morgan fingerprint density at radius 1 is 1.21 bits per heavy atom. The highest BCUT2D eigenvalue weighted by Crippen LogP contribution is 2.29. The molecule has 2 aliphatic heterocycles. The first kappa shape index (κ1) is 27.5. The zero-order chi connectivity index (χ0) is 27.5. The van der Waals surface area contributed by atoms with Gasteiger partial charge in [0.2, 0.25) is 0 Å². The Morgan fingerprint density at radius 3 is 2.67 bits per heavy atom. The van der Waals surface area contributed by atoms with Gasteiger partial charge in [-0.05, 0) is 56.4 Å². The number of hydrogen-bond acceptors (Lipinski definition) is 8. The third kappa shape index (κ3) is 6.24. The molecular weight excluding hydrogens is 500 g/mol. The third-order valence-electron chi connectivity index (χ3n) is 7.65. The Bertz CT molecular complexity index is 1340. The van der Waals surface area contributed by atoms with Crippen LogP contribution in [0.2, 0.25) is 0 Å². The predicted molar refractivity (Wildman–Crippen MR) is 146 cm³/mol. The van der Waals surface area contributed by atoms with Crippen LogP contribution in [0, 0.1) is 12.8 Å². The molecule has 0 unspecified atom stereocenters. The van der Waals surface area contributed by atoms with Crippen molar-refractivity contribution in [2.45, 2.75) is 64.4 Å². The number of rotatable bonds is 9. The summed E-state index contributed by atoms with van der Waals surface area (Å²) in [6.07, 6.45) is 3.29. The molecule has 0 bridgehead atoms. The fourth-order valence-electron chi connectivity index (χ4n) is 5.39. The molecule has 2 fully saturated rings. The first-order chi connectivity index (χ1) is 18.8. The number of benzene rings is 1. The number of carbonyl (C=O) groups excluding carboxylic acids is 1. The van der Waals surface area contributed by atoms with Crippen molar-refractivity contribution in [3.8, 4) is 11.4 Å². The monoisotopic (exact) mass is 538 g/mol. The fourth-order valence-corrected chi connectivity index (χ4v) is 5.39. The number of pyridine rings is 1. The Balaban J connectivity index is 1.43. The maximum Gasteiger partial charge on any atom is 0.326 e. The van der Waals surface area contributed by atoms with E-state index in [0.717, 1.165) is 60.6 Å². The second kappa shape index (κ2) is 12.0. The van der Waals surface area contributed by atoms with Gasteiger partial charge in [0, 0.05) is 57.1 Å². The summed E-state index contributed by atoms with van der Waals surface area (Å²) in [4.78, 5) is 30.1. The molecule has 4 heterocycles. The number of aliphatic hydroxyl groups excluding tert-OH is 1. The maximum absolute atomic E-state index is 12.7. The summed E-state index contributed by atoms with van der Waals surface area (Å²) >= 11 is 0.